The second kappa shape index (κ2) is 8.15. The first-order valence-electron chi connectivity index (χ1n) is 11.4. The molecule has 0 aliphatic heterocycles. The highest BCUT2D eigenvalue weighted by Gasteiger charge is 2.27. The zero-order chi connectivity index (χ0) is 24.9. The van der Waals surface area contributed by atoms with Gasteiger partial charge < -0.3 is 8.85 Å². The van der Waals surface area contributed by atoms with Gasteiger partial charge in [0.15, 0.2) is 11.5 Å². The Morgan fingerprint density at radius 2 is 0.889 bits per heavy atom. The summed E-state index contributed by atoms with van der Waals surface area (Å²) in [4.78, 5) is 0. The standard InChI is InChI=1S/C28H20O2S4Si2/c31-7-15-13-5-3-11-1-2-12-4-6-14-23-20(12)19(11)22(13)25-21(16(15)8-32)17(9-33)18(10-34)24(26(23)25)28(30-36)27(14)29-35/h1-10,31-34H,35-36H3. The summed E-state index contributed by atoms with van der Waals surface area (Å²) in [6, 6.07) is 13.3. The Kier molecular flexibility index (Phi) is 5.19. The average Bonchev–Trinajstić information content (AvgIpc) is 2.93. The van der Waals surface area contributed by atoms with Crippen molar-refractivity contribution in [2.75, 3.05) is 0 Å². The van der Waals surface area contributed by atoms with Gasteiger partial charge in [0.1, 0.15) is 0 Å². The lowest BCUT2D eigenvalue weighted by atomic mass is 9.80. The highest BCUT2D eigenvalue weighted by molar-refractivity contribution is 7.89. The molecule has 7 aromatic carbocycles. The van der Waals surface area contributed by atoms with Crippen LogP contribution < -0.4 is 29.7 Å². The smallest absolute Gasteiger partial charge is 0.204 e. The minimum Gasteiger partial charge on any atom is -0.550 e. The molecule has 0 radical (unpaired) electrons. The summed E-state index contributed by atoms with van der Waals surface area (Å²) in [5.41, 5.74) is 0. The Morgan fingerprint density at radius 1 is 0.444 bits per heavy atom. The van der Waals surface area contributed by atoms with E-state index in [0.29, 0.717) is 21.0 Å². The maximum atomic E-state index is 6.23. The highest BCUT2D eigenvalue weighted by Crippen LogP contribution is 2.51. The van der Waals surface area contributed by atoms with Gasteiger partial charge in [-0.2, -0.15) is 50.5 Å². The van der Waals surface area contributed by atoms with Crippen molar-refractivity contribution in [3.8, 4) is 11.5 Å². The summed E-state index contributed by atoms with van der Waals surface area (Å²) in [5, 5.41) is 25.7. The molecule has 0 saturated heterocycles. The van der Waals surface area contributed by atoms with Crippen molar-refractivity contribution in [2.24, 2.45) is 0 Å². The van der Waals surface area contributed by atoms with E-state index in [-0.39, 0.29) is 0 Å². The zero-order valence-corrected chi connectivity index (χ0v) is 27.0. The van der Waals surface area contributed by atoms with E-state index >= 15 is 0 Å². The third-order valence-electron chi connectivity index (χ3n) is 7.70. The second-order valence-electron chi connectivity index (χ2n) is 8.98. The maximum Gasteiger partial charge on any atom is 0.204 e. The van der Waals surface area contributed by atoms with Crippen molar-refractivity contribution in [3.05, 3.63) is 57.3 Å². The molecule has 0 aliphatic carbocycles. The van der Waals surface area contributed by atoms with Gasteiger partial charge in [-0.05, 0) is 81.1 Å². The number of benzene rings is 7. The van der Waals surface area contributed by atoms with Gasteiger partial charge in [0, 0.05) is 32.1 Å². The van der Waals surface area contributed by atoms with Crippen LogP contribution in [0.2, 0.25) is 0 Å². The van der Waals surface area contributed by atoms with Gasteiger partial charge in [-0.15, -0.1) is 0 Å². The SMILES string of the molecule is [SiH3]Oc1c(O[SiH3])c2c(=CS)c(=CS)c3c(=CS)c(=CS)c4ccc5ccc6ccc1c1c6c5c4c3c21. The summed E-state index contributed by atoms with van der Waals surface area (Å²) in [6.07, 6.45) is 0. The van der Waals surface area contributed by atoms with Crippen LogP contribution in [0.25, 0.3) is 86.3 Å². The minimum atomic E-state index is 0.530. The summed E-state index contributed by atoms with van der Waals surface area (Å²) in [7, 11) is 1.08. The molecule has 0 bridgehead atoms. The molecule has 0 unspecified atom stereocenters. The van der Waals surface area contributed by atoms with Crippen molar-refractivity contribution >= 4 is 158 Å². The van der Waals surface area contributed by atoms with Gasteiger partial charge in [-0.1, -0.05) is 30.3 Å². The minimum absolute atomic E-state index is 0.530. The fraction of sp³-hybridized carbons (Fsp3) is 0. The number of hydrogen-bond donors (Lipinski definition) is 4. The van der Waals surface area contributed by atoms with Crippen LogP contribution >= 0.6 is 50.5 Å². The Labute approximate surface area is 234 Å². The molecule has 0 fully saturated rings. The van der Waals surface area contributed by atoms with Crippen LogP contribution in [0.4, 0.5) is 0 Å². The van der Waals surface area contributed by atoms with Gasteiger partial charge in [0.25, 0.3) is 0 Å². The molecule has 0 spiro atoms. The second-order valence-corrected chi connectivity index (χ2v) is 10.8. The van der Waals surface area contributed by atoms with E-state index in [0.717, 1.165) is 53.9 Å². The van der Waals surface area contributed by atoms with Crippen LogP contribution in [0.5, 0.6) is 11.5 Å². The molecular formula is C28H20O2S4Si2. The first-order valence-corrected chi connectivity index (χ1v) is 15.1. The lowest BCUT2D eigenvalue weighted by molar-refractivity contribution is 0.552. The Hall–Kier alpha value is -2.21. The quantitative estimate of drug-likeness (QED) is 0.111. The van der Waals surface area contributed by atoms with E-state index in [1.54, 1.807) is 0 Å². The van der Waals surface area contributed by atoms with E-state index in [1.807, 2.05) is 21.6 Å². The van der Waals surface area contributed by atoms with Crippen molar-refractivity contribution in [2.45, 2.75) is 0 Å². The summed E-state index contributed by atoms with van der Waals surface area (Å²) >= 11 is 18.8. The molecule has 36 heavy (non-hydrogen) atoms. The molecule has 7 rings (SSSR count). The maximum absolute atomic E-state index is 6.23. The lowest BCUT2D eigenvalue weighted by Gasteiger charge is -2.25. The fourth-order valence-electron chi connectivity index (χ4n) is 6.43. The van der Waals surface area contributed by atoms with Crippen LogP contribution in [0.1, 0.15) is 0 Å². The Bertz CT molecular complexity index is 2280. The molecule has 0 atom stereocenters. The van der Waals surface area contributed by atoms with E-state index in [1.165, 1.54) is 43.1 Å². The monoisotopic (exact) mass is 572 g/mol. The first-order chi connectivity index (χ1) is 17.6. The molecule has 0 heterocycles. The zero-order valence-electron chi connectivity index (χ0n) is 19.4. The van der Waals surface area contributed by atoms with E-state index in [9.17, 15) is 0 Å². The first kappa shape index (κ1) is 23.0. The van der Waals surface area contributed by atoms with Gasteiger partial charge in [-0.25, -0.2) is 0 Å². The molecular weight excluding hydrogens is 553 g/mol. The number of rotatable bonds is 2. The molecule has 0 aromatic heterocycles. The summed E-state index contributed by atoms with van der Waals surface area (Å²) < 4.78 is 12.4. The number of hydrogen-bond acceptors (Lipinski definition) is 6. The molecule has 0 aliphatic rings. The van der Waals surface area contributed by atoms with Crippen molar-refractivity contribution in [3.63, 3.8) is 0 Å². The van der Waals surface area contributed by atoms with E-state index in [4.69, 9.17) is 34.1 Å². The molecule has 0 N–H and O–H groups in total. The van der Waals surface area contributed by atoms with E-state index < -0.39 is 0 Å². The molecule has 2 nitrogen and oxygen atoms in total. The summed E-state index contributed by atoms with van der Waals surface area (Å²) in [6.45, 7) is 0. The third-order valence-corrected chi connectivity index (χ3v) is 9.55. The largest absolute Gasteiger partial charge is 0.550 e. The Morgan fingerprint density at radius 3 is 1.44 bits per heavy atom. The van der Waals surface area contributed by atoms with Crippen LogP contribution in [-0.2, 0) is 0 Å². The van der Waals surface area contributed by atoms with Crippen molar-refractivity contribution < 1.29 is 8.85 Å². The molecule has 8 heteroatoms. The van der Waals surface area contributed by atoms with Gasteiger partial charge in [0.2, 0.25) is 21.0 Å². The van der Waals surface area contributed by atoms with Crippen molar-refractivity contribution in [1.82, 2.24) is 0 Å². The molecule has 176 valence electrons. The molecule has 7 aromatic rings. The van der Waals surface area contributed by atoms with Crippen LogP contribution in [0, 0.1) is 0 Å². The topological polar surface area (TPSA) is 18.5 Å². The summed E-state index contributed by atoms with van der Waals surface area (Å²) in [5.74, 6) is 1.61. The van der Waals surface area contributed by atoms with Gasteiger partial charge in [-0.3, -0.25) is 0 Å². The van der Waals surface area contributed by atoms with Crippen molar-refractivity contribution in [1.29, 1.82) is 0 Å². The predicted octanol–water partition coefficient (Wildman–Crippen LogP) is 2.91. The van der Waals surface area contributed by atoms with Crippen LogP contribution in [-0.4, -0.2) is 21.0 Å². The highest BCUT2D eigenvalue weighted by atomic mass is 32.1. The third kappa shape index (κ3) is 2.55. The number of thiol groups is 4. The fourth-order valence-corrected chi connectivity index (χ4v) is 8.30. The molecule has 0 amide bonds. The predicted molar refractivity (Wildman–Crippen MR) is 178 cm³/mol. The normalized spacial score (nSPS) is 15.2. The Balaban J connectivity index is 2.13. The average molecular weight is 573 g/mol. The lowest BCUT2D eigenvalue weighted by Crippen LogP contribution is -2.36. The van der Waals surface area contributed by atoms with Crippen LogP contribution in [0.15, 0.2) is 36.4 Å². The molecule has 0 saturated carbocycles. The van der Waals surface area contributed by atoms with Gasteiger partial charge >= 0.3 is 0 Å². The van der Waals surface area contributed by atoms with Crippen LogP contribution in [0.3, 0.4) is 0 Å². The van der Waals surface area contributed by atoms with E-state index in [2.05, 4.69) is 61.7 Å². The van der Waals surface area contributed by atoms with Gasteiger partial charge in [0.05, 0.1) is 0 Å².